The fourth-order valence-electron chi connectivity index (χ4n) is 2.85. The van der Waals surface area contributed by atoms with Gasteiger partial charge in [0, 0.05) is 19.1 Å². The van der Waals surface area contributed by atoms with Gasteiger partial charge in [-0.2, -0.15) is 0 Å². The number of amides is 1. The van der Waals surface area contributed by atoms with Gasteiger partial charge < -0.3 is 10.6 Å². The molecule has 1 amide bonds. The molecule has 2 N–H and O–H groups in total. The number of fused-ring (bicyclic) bond motifs is 1. The first-order valence-corrected chi connectivity index (χ1v) is 6.30. The van der Waals surface area contributed by atoms with E-state index >= 15 is 0 Å². The summed E-state index contributed by atoms with van der Waals surface area (Å²) in [5.41, 5.74) is 2.33. The van der Waals surface area contributed by atoms with Crippen molar-refractivity contribution in [1.82, 2.24) is 10.6 Å². The molecule has 0 radical (unpaired) electrons. The van der Waals surface area contributed by atoms with E-state index in [9.17, 15) is 4.79 Å². The van der Waals surface area contributed by atoms with E-state index in [1.807, 2.05) is 18.2 Å². The second-order valence-corrected chi connectivity index (χ2v) is 5.18. The first kappa shape index (κ1) is 10.8. The van der Waals surface area contributed by atoms with E-state index in [1.165, 1.54) is 5.56 Å². The highest BCUT2D eigenvalue weighted by Crippen LogP contribution is 2.41. The summed E-state index contributed by atoms with van der Waals surface area (Å²) in [7, 11) is 0. The van der Waals surface area contributed by atoms with Crippen LogP contribution in [0.25, 0.3) is 0 Å². The largest absolute Gasteiger partial charge is 0.352 e. The molecule has 0 aromatic heterocycles. The molecule has 90 valence electrons. The van der Waals surface area contributed by atoms with Crippen LogP contribution in [0.3, 0.4) is 0 Å². The standard InChI is InChI=1S/C14H18N2O/c1-9-4-2-3-5-10(9)6-13(17)16-14-11-7-15-8-12(11)14/h2-5,11-12,14-15H,6-8H2,1H3,(H,16,17). The van der Waals surface area contributed by atoms with Gasteiger partial charge in [-0.25, -0.2) is 0 Å². The molecule has 3 nitrogen and oxygen atoms in total. The summed E-state index contributed by atoms with van der Waals surface area (Å²) in [6, 6.07) is 8.52. The quantitative estimate of drug-likeness (QED) is 0.809. The van der Waals surface area contributed by atoms with Crippen LogP contribution in [0.15, 0.2) is 24.3 Å². The molecule has 0 spiro atoms. The van der Waals surface area contributed by atoms with Crippen LogP contribution in [0.5, 0.6) is 0 Å². The van der Waals surface area contributed by atoms with Crippen LogP contribution in [0.4, 0.5) is 0 Å². The lowest BCUT2D eigenvalue weighted by Gasteiger charge is -2.09. The number of rotatable bonds is 3. The normalized spacial score (nSPS) is 29.8. The first-order chi connectivity index (χ1) is 8.25. The molecule has 3 rings (SSSR count). The maximum Gasteiger partial charge on any atom is 0.224 e. The molecular formula is C14H18N2O. The van der Waals surface area contributed by atoms with Crippen molar-refractivity contribution in [2.75, 3.05) is 13.1 Å². The van der Waals surface area contributed by atoms with E-state index in [-0.39, 0.29) is 5.91 Å². The van der Waals surface area contributed by atoms with Gasteiger partial charge in [-0.15, -0.1) is 0 Å². The maximum absolute atomic E-state index is 11.9. The van der Waals surface area contributed by atoms with Gasteiger partial charge in [-0.3, -0.25) is 4.79 Å². The molecule has 2 atom stereocenters. The lowest BCUT2D eigenvalue weighted by Crippen LogP contribution is -2.33. The van der Waals surface area contributed by atoms with Gasteiger partial charge in [0.05, 0.1) is 6.42 Å². The van der Waals surface area contributed by atoms with Crippen LogP contribution < -0.4 is 10.6 Å². The third-order valence-electron chi connectivity index (χ3n) is 4.03. The predicted molar refractivity (Wildman–Crippen MR) is 66.7 cm³/mol. The van der Waals surface area contributed by atoms with E-state index in [0.717, 1.165) is 18.7 Å². The molecule has 1 aliphatic heterocycles. The summed E-state index contributed by atoms with van der Waals surface area (Å²) in [4.78, 5) is 11.9. The van der Waals surface area contributed by atoms with E-state index in [1.54, 1.807) is 0 Å². The molecule has 2 unspecified atom stereocenters. The fraction of sp³-hybridized carbons (Fsp3) is 0.500. The predicted octanol–water partition coefficient (Wildman–Crippen LogP) is 0.872. The minimum atomic E-state index is 0.165. The number of carbonyl (C=O) groups is 1. The number of hydrogen-bond donors (Lipinski definition) is 2. The van der Waals surface area contributed by atoms with Crippen molar-refractivity contribution < 1.29 is 4.79 Å². The second kappa shape index (κ2) is 4.15. The Bertz CT molecular complexity index is 434. The van der Waals surface area contributed by atoms with E-state index in [4.69, 9.17) is 0 Å². The van der Waals surface area contributed by atoms with Crippen molar-refractivity contribution in [2.24, 2.45) is 11.8 Å². The second-order valence-electron chi connectivity index (χ2n) is 5.18. The van der Waals surface area contributed by atoms with E-state index in [2.05, 4.69) is 23.6 Å². The Hall–Kier alpha value is -1.35. The molecule has 2 fully saturated rings. The Kier molecular flexibility index (Phi) is 2.63. The minimum absolute atomic E-state index is 0.165. The minimum Gasteiger partial charge on any atom is -0.352 e. The Morgan fingerprint density at radius 3 is 2.76 bits per heavy atom. The summed E-state index contributed by atoms with van der Waals surface area (Å²) in [6.45, 7) is 4.19. The van der Waals surface area contributed by atoms with Crippen molar-refractivity contribution in [2.45, 2.75) is 19.4 Å². The van der Waals surface area contributed by atoms with Gasteiger partial charge in [-0.1, -0.05) is 24.3 Å². The van der Waals surface area contributed by atoms with Crippen LogP contribution in [0, 0.1) is 18.8 Å². The zero-order chi connectivity index (χ0) is 11.8. The number of benzene rings is 1. The fourth-order valence-corrected chi connectivity index (χ4v) is 2.85. The lowest BCUT2D eigenvalue weighted by atomic mass is 10.1. The highest BCUT2D eigenvalue weighted by atomic mass is 16.1. The molecule has 3 heteroatoms. The number of hydrogen-bond acceptors (Lipinski definition) is 2. The SMILES string of the molecule is Cc1ccccc1CC(=O)NC1C2CNCC21. The van der Waals surface area contributed by atoms with Crippen molar-refractivity contribution in [3.05, 3.63) is 35.4 Å². The summed E-state index contributed by atoms with van der Waals surface area (Å²) in [5.74, 6) is 1.55. The molecule has 1 saturated heterocycles. The van der Waals surface area contributed by atoms with Gasteiger partial charge in [-0.05, 0) is 29.9 Å². The van der Waals surface area contributed by atoms with Crippen molar-refractivity contribution in [3.8, 4) is 0 Å². The Morgan fingerprint density at radius 1 is 1.35 bits per heavy atom. The average molecular weight is 230 g/mol. The first-order valence-electron chi connectivity index (χ1n) is 6.30. The molecule has 1 aromatic carbocycles. The van der Waals surface area contributed by atoms with Crippen molar-refractivity contribution in [1.29, 1.82) is 0 Å². The van der Waals surface area contributed by atoms with E-state index in [0.29, 0.717) is 24.3 Å². The van der Waals surface area contributed by atoms with Crippen LogP contribution in [0.2, 0.25) is 0 Å². The van der Waals surface area contributed by atoms with Crippen LogP contribution in [0.1, 0.15) is 11.1 Å². The highest BCUT2D eigenvalue weighted by Gasteiger charge is 2.53. The Balaban J connectivity index is 1.56. The molecule has 1 aliphatic carbocycles. The number of piperidine rings is 1. The van der Waals surface area contributed by atoms with Crippen LogP contribution in [-0.4, -0.2) is 25.0 Å². The number of nitrogens with one attached hydrogen (secondary N) is 2. The molecule has 1 heterocycles. The Labute approximate surface area is 102 Å². The summed E-state index contributed by atoms with van der Waals surface area (Å²) in [6.07, 6.45) is 0.510. The molecule has 0 bridgehead atoms. The number of carbonyl (C=O) groups excluding carboxylic acids is 1. The van der Waals surface area contributed by atoms with Crippen LogP contribution >= 0.6 is 0 Å². The van der Waals surface area contributed by atoms with Gasteiger partial charge >= 0.3 is 0 Å². The van der Waals surface area contributed by atoms with Crippen molar-refractivity contribution >= 4 is 5.91 Å². The summed E-state index contributed by atoms with van der Waals surface area (Å²) < 4.78 is 0. The third kappa shape index (κ3) is 2.07. The van der Waals surface area contributed by atoms with Crippen molar-refractivity contribution in [3.63, 3.8) is 0 Å². The monoisotopic (exact) mass is 230 g/mol. The smallest absolute Gasteiger partial charge is 0.224 e. The highest BCUT2D eigenvalue weighted by molar-refractivity contribution is 5.79. The maximum atomic E-state index is 11.9. The zero-order valence-electron chi connectivity index (χ0n) is 10.1. The topological polar surface area (TPSA) is 41.1 Å². The lowest BCUT2D eigenvalue weighted by molar-refractivity contribution is -0.120. The zero-order valence-corrected chi connectivity index (χ0v) is 10.1. The Morgan fingerprint density at radius 2 is 2.06 bits per heavy atom. The molecule has 1 saturated carbocycles. The van der Waals surface area contributed by atoms with Gasteiger partial charge in [0.1, 0.15) is 0 Å². The molecule has 17 heavy (non-hydrogen) atoms. The molecular weight excluding hydrogens is 212 g/mol. The van der Waals surface area contributed by atoms with Gasteiger partial charge in [0.2, 0.25) is 5.91 Å². The molecule has 2 aliphatic rings. The molecule has 1 aromatic rings. The number of aryl methyl sites for hydroxylation is 1. The third-order valence-corrected chi connectivity index (χ3v) is 4.03. The summed E-state index contributed by atoms with van der Waals surface area (Å²) in [5, 5.41) is 6.49. The van der Waals surface area contributed by atoms with Gasteiger partial charge in [0.15, 0.2) is 0 Å². The van der Waals surface area contributed by atoms with Crippen LogP contribution in [-0.2, 0) is 11.2 Å². The van der Waals surface area contributed by atoms with Gasteiger partial charge in [0.25, 0.3) is 0 Å². The van der Waals surface area contributed by atoms with E-state index < -0.39 is 0 Å². The average Bonchev–Trinajstić information content (AvgIpc) is 2.76. The summed E-state index contributed by atoms with van der Waals surface area (Å²) >= 11 is 0.